The van der Waals surface area contributed by atoms with Crippen molar-refractivity contribution in [2.45, 2.75) is 13.2 Å². The normalized spacial score (nSPS) is 10.3. The Morgan fingerprint density at radius 2 is 1.91 bits per heavy atom. The van der Waals surface area contributed by atoms with Crippen LogP contribution in [0.15, 0.2) is 71.5 Å². The summed E-state index contributed by atoms with van der Waals surface area (Å²) >= 11 is 0. The Morgan fingerprint density at radius 1 is 1.04 bits per heavy atom. The molecule has 0 saturated carbocycles. The molecule has 2 aromatic heterocycles. The first-order chi connectivity index (χ1) is 11.3. The van der Waals surface area contributed by atoms with Crippen molar-refractivity contribution in [1.29, 1.82) is 0 Å². The molecule has 3 aromatic rings. The van der Waals surface area contributed by atoms with Gasteiger partial charge in [-0.15, -0.1) is 0 Å². The first-order valence-corrected chi connectivity index (χ1v) is 7.24. The molecular formula is C18H16N2O3. The standard InChI is InChI=1S/C18H16N2O3/c21-18(23-13-14-5-2-1-3-6-14)20-12-15-8-9-16(19-11-15)17-7-4-10-22-17/h1-11H,12-13H2,(H,20,21). The number of rotatable bonds is 5. The molecular weight excluding hydrogens is 292 g/mol. The number of nitrogens with one attached hydrogen (secondary N) is 1. The smallest absolute Gasteiger partial charge is 0.407 e. The number of ether oxygens (including phenoxy) is 1. The van der Waals surface area contributed by atoms with E-state index < -0.39 is 6.09 Å². The fourth-order valence-electron chi connectivity index (χ4n) is 2.05. The summed E-state index contributed by atoms with van der Waals surface area (Å²) in [6.07, 6.45) is 2.86. The third-order valence-corrected chi connectivity index (χ3v) is 3.25. The van der Waals surface area contributed by atoms with Crippen LogP contribution in [0.5, 0.6) is 0 Å². The Kier molecular flexibility index (Phi) is 4.69. The Balaban J connectivity index is 1.47. The largest absolute Gasteiger partial charge is 0.463 e. The number of carbonyl (C=O) groups excluding carboxylic acids is 1. The van der Waals surface area contributed by atoms with Crippen LogP contribution in [0, 0.1) is 0 Å². The van der Waals surface area contributed by atoms with Gasteiger partial charge >= 0.3 is 6.09 Å². The molecule has 0 fully saturated rings. The van der Waals surface area contributed by atoms with Gasteiger partial charge < -0.3 is 14.5 Å². The lowest BCUT2D eigenvalue weighted by molar-refractivity contribution is 0.139. The lowest BCUT2D eigenvalue weighted by Gasteiger charge is -2.07. The van der Waals surface area contributed by atoms with Crippen LogP contribution in [0.3, 0.4) is 0 Å². The maximum atomic E-state index is 11.7. The van der Waals surface area contributed by atoms with Crippen molar-refractivity contribution >= 4 is 6.09 Å². The molecule has 0 aliphatic carbocycles. The lowest BCUT2D eigenvalue weighted by Crippen LogP contribution is -2.23. The van der Waals surface area contributed by atoms with Crippen molar-refractivity contribution < 1.29 is 13.9 Å². The minimum Gasteiger partial charge on any atom is -0.463 e. The summed E-state index contributed by atoms with van der Waals surface area (Å²) in [6, 6.07) is 17.0. The number of pyridine rings is 1. The lowest BCUT2D eigenvalue weighted by atomic mass is 10.2. The summed E-state index contributed by atoms with van der Waals surface area (Å²) < 4.78 is 10.4. The molecule has 0 unspecified atom stereocenters. The summed E-state index contributed by atoms with van der Waals surface area (Å²) in [5.41, 5.74) is 2.59. The molecule has 1 amide bonds. The second-order valence-electron chi connectivity index (χ2n) is 4.94. The highest BCUT2D eigenvalue weighted by Crippen LogP contribution is 2.16. The highest BCUT2D eigenvalue weighted by Gasteiger charge is 2.05. The first kappa shape index (κ1) is 14.8. The minimum atomic E-state index is -0.455. The molecule has 2 heterocycles. The van der Waals surface area contributed by atoms with E-state index in [-0.39, 0.29) is 6.61 Å². The average Bonchev–Trinajstić information content (AvgIpc) is 3.14. The number of alkyl carbamates (subject to hydrolysis) is 1. The van der Waals surface area contributed by atoms with Crippen LogP contribution in [-0.2, 0) is 17.9 Å². The van der Waals surface area contributed by atoms with Crippen LogP contribution < -0.4 is 5.32 Å². The summed E-state index contributed by atoms with van der Waals surface area (Å²) in [5.74, 6) is 0.715. The van der Waals surface area contributed by atoms with Crippen LogP contribution in [0.25, 0.3) is 11.5 Å². The molecule has 0 spiro atoms. The maximum Gasteiger partial charge on any atom is 0.407 e. The van der Waals surface area contributed by atoms with E-state index in [2.05, 4.69) is 10.3 Å². The van der Waals surface area contributed by atoms with Gasteiger partial charge in [0, 0.05) is 12.7 Å². The zero-order chi connectivity index (χ0) is 15.9. The predicted molar refractivity (Wildman–Crippen MR) is 85.4 cm³/mol. The molecule has 0 aliphatic rings. The predicted octanol–water partition coefficient (Wildman–Crippen LogP) is 3.77. The number of aromatic nitrogens is 1. The van der Waals surface area contributed by atoms with Crippen molar-refractivity contribution in [3.63, 3.8) is 0 Å². The van der Waals surface area contributed by atoms with E-state index >= 15 is 0 Å². The van der Waals surface area contributed by atoms with Gasteiger partial charge in [-0.25, -0.2) is 4.79 Å². The van der Waals surface area contributed by atoms with Gasteiger partial charge in [0.05, 0.1) is 6.26 Å². The van der Waals surface area contributed by atoms with Gasteiger partial charge in [-0.1, -0.05) is 36.4 Å². The van der Waals surface area contributed by atoms with E-state index in [1.807, 2.05) is 54.6 Å². The van der Waals surface area contributed by atoms with Crippen molar-refractivity contribution in [3.05, 3.63) is 78.2 Å². The van der Waals surface area contributed by atoms with Crippen molar-refractivity contribution in [3.8, 4) is 11.5 Å². The number of benzene rings is 1. The van der Waals surface area contributed by atoms with E-state index in [0.717, 1.165) is 16.8 Å². The molecule has 0 bridgehead atoms. The molecule has 3 rings (SSSR count). The minimum absolute atomic E-state index is 0.252. The molecule has 0 aliphatic heterocycles. The number of hydrogen-bond donors (Lipinski definition) is 1. The highest BCUT2D eigenvalue weighted by atomic mass is 16.5. The number of amides is 1. The van der Waals surface area contributed by atoms with Crippen LogP contribution in [0.2, 0.25) is 0 Å². The van der Waals surface area contributed by atoms with Crippen LogP contribution in [0.4, 0.5) is 4.79 Å². The van der Waals surface area contributed by atoms with E-state index in [1.54, 1.807) is 12.5 Å². The first-order valence-electron chi connectivity index (χ1n) is 7.24. The van der Waals surface area contributed by atoms with Crippen LogP contribution in [-0.4, -0.2) is 11.1 Å². The molecule has 0 saturated heterocycles. The average molecular weight is 308 g/mol. The van der Waals surface area contributed by atoms with Crippen molar-refractivity contribution in [1.82, 2.24) is 10.3 Å². The van der Waals surface area contributed by atoms with Gasteiger partial charge in [0.2, 0.25) is 0 Å². The number of carbonyl (C=O) groups is 1. The molecule has 116 valence electrons. The van der Waals surface area contributed by atoms with Gasteiger partial charge in [-0.2, -0.15) is 0 Å². The highest BCUT2D eigenvalue weighted by molar-refractivity contribution is 5.67. The molecule has 1 N–H and O–H groups in total. The Labute approximate surface area is 133 Å². The Morgan fingerprint density at radius 3 is 2.61 bits per heavy atom. The molecule has 0 atom stereocenters. The van der Waals surface area contributed by atoms with E-state index in [0.29, 0.717) is 12.3 Å². The number of furan rings is 1. The topological polar surface area (TPSA) is 64.4 Å². The second-order valence-corrected chi connectivity index (χ2v) is 4.94. The summed E-state index contributed by atoms with van der Waals surface area (Å²) in [6.45, 7) is 0.613. The Bertz CT molecular complexity index is 738. The van der Waals surface area contributed by atoms with E-state index in [1.165, 1.54) is 0 Å². The monoisotopic (exact) mass is 308 g/mol. The Hall–Kier alpha value is -3.08. The maximum absolute atomic E-state index is 11.7. The van der Waals surface area contributed by atoms with Crippen molar-refractivity contribution in [2.75, 3.05) is 0 Å². The second kappa shape index (κ2) is 7.26. The zero-order valence-corrected chi connectivity index (χ0v) is 12.4. The summed E-state index contributed by atoms with van der Waals surface area (Å²) in [4.78, 5) is 16.0. The van der Waals surface area contributed by atoms with Gasteiger partial charge in [0.15, 0.2) is 5.76 Å². The molecule has 1 aromatic carbocycles. The summed E-state index contributed by atoms with van der Waals surface area (Å²) in [7, 11) is 0. The SMILES string of the molecule is O=C(NCc1ccc(-c2ccco2)nc1)OCc1ccccc1. The van der Waals surface area contributed by atoms with Gasteiger partial charge in [-0.3, -0.25) is 4.98 Å². The number of nitrogens with zero attached hydrogens (tertiary/aromatic N) is 1. The third-order valence-electron chi connectivity index (χ3n) is 3.25. The van der Waals surface area contributed by atoms with Crippen LogP contribution in [0.1, 0.15) is 11.1 Å². The van der Waals surface area contributed by atoms with Gasteiger partial charge in [0.25, 0.3) is 0 Å². The zero-order valence-electron chi connectivity index (χ0n) is 12.4. The van der Waals surface area contributed by atoms with Gasteiger partial charge in [0.1, 0.15) is 12.3 Å². The van der Waals surface area contributed by atoms with E-state index in [9.17, 15) is 4.79 Å². The quantitative estimate of drug-likeness (QED) is 0.779. The fraction of sp³-hybridized carbons (Fsp3) is 0.111. The third kappa shape index (κ3) is 4.20. The van der Waals surface area contributed by atoms with E-state index in [4.69, 9.17) is 9.15 Å². The molecule has 0 radical (unpaired) electrons. The summed E-state index contributed by atoms with van der Waals surface area (Å²) in [5, 5.41) is 2.70. The molecule has 23 heavy (non-hydrogen) atoms. The molecule has 5 heteroatoms. The molecule has 5 nitrogen and oxygen atoms in total. The number of hydrogen-bond acceptors (Lipinski definition) is 4. The van der Waals surface area contributed by atoms with Gasteiger partial charge in [-0.05, 0) is 29.3 Å². The fourth-order valence-corrected chi connectivity index (χ4v) is 2.05. The van der Waals surface area contributed by atoms with Crippen LogP contribution >= 0.6 is 0 Å². The van der Waals surface area contributed by atoms with Crippen molar-refractivity contribution in [2.24, 2.45) is 0 Å².